The van der Waals surface area contributed by atoms with Gasteiger partial charge in [0.25, 0.3) is 5.56 Å². The monoisotopic (exact) mass is 348 g/mol. The van der Waals surface area contributed by atoms with E-state index in [-0.39, 0.29) is 11.3 Å². The minimum absolute atomic E-state index is 0.0371. The van der Waals surface area contributed by atoms with E-state index in [1.807, 2.05) is 0 Å². The van der Waals surface area contributed by atoms with Crippen LogP contribution in [0.25, 0.3) is 16.6 Å². The second-order valence-corrected chi connectivity index (χ2v) is 5.76. The summed E-state index contributed by atoms with van der Waals surface area (Å²) in [6, 6.07) is 4.47. The number of hydrogen-bond acceptors (Lipinski definition) is 4. The van der Waals surface area contributed by atoms with Crippen molar-refractivity contribution in [2.45, 2.75) is 26.1 Å². The smallest absolute Gasteiger partial charge is 0.322 e. The van der Waals surface area contributed by atoms with Crippen molar-refractivity contribution in [2.75, 3.05) is 0 Å². The molecule has 0 saturated heterocycles. The number of halogens is 3. The van der Waals surface area contributed by atoms with Crippen LogP contribution in [0.2, 0.25) is 0 Å². The first-order valence-electron chi connectivity index (χ1n) is 7.51. The van der Waals surface area contributed by atoms with Crippen LogP contribution < -0.4 is 11.3 Å². The molecule has 3 rings (SSSR count). The molecule has 130 valence electrons. The quantitative estimate of drug-likeness (QED) is 0.772. The number of aryl methyl sites for hydroxylation is 1. The number of alkyl halides is 3. The number of nitrogens with two attached hydrogens (primary N) is 1. The van der Waals surface area contributed by atoms with Crippen molar-refractivity contribution < 1.29 is 13.2 Å². The molecule has 0 fully saturated rings. The van der Waals surface area contributed by atoms with E-state index in [2.05, 4.69) is 9.97 Å². The Morgan fingerprint density at radius 1 is 1.24 bits per heavy atom. The summed E-state index contributed by atoms with van der Waals surface area (Å²) in [4.78, 5) is 21.2. The number of fused-ring (bicyclic) bond motifs is 1. The topological polar surface area (TPSA) is 73.8 Å². The Bertz CT molecular complexity index is 1010. The molecule has 0 spiro atoms. The van der Waals surface area contributed by atoms with Gasteiger partial charge in [-0.25, -0.2) is 4.98 Å². The molecule has 3 aromatic rings. The predicted molar refractivity (Wildman–Crippen MR) is 87.5 cm³/mol. The molecule has 0 amide bonds. The van der Waals surface area contributed by atoms with Crippen LogP contribution in [0.3, 0.4) is 0 Å². The van der Waals surface area contributed by atoms with E-state index in [1.165, 1.54) is 24.5 Å². The Morgan fingerprint density at radius 3 is 2.56 bits per heavy atom. The van der Waals surface area contributed by atoms with Crippen molar-refractivity contribution in [1.82, 2.24) is 14.5 Å². The maximum absolute atomic E-state index is 13.4. The highest BCUT2D eigenvalue weighted by molar-refractivity contribution is 5.82. The summed E-state index contributed by atoms with van der Waals surface area (Å²) in [5.41, 5.74) is 5.07. The van der Waals surface area contributed by atoms with Crippen molar-refractivity contribution in [3.05, 3.63) is 64.0 Å². The number of pyridine rings is 1. The normalized spacial score (nSPS) is 13.2. The Kier molecular flexibility index (Phi) is 4.08. The zero-order valence-electron chi connectivity index (χ0n) is 13.5. The third-order valence-electron chi connectivity index (χ3n) is 3.89. The van der Waals surface area contributed by atoms with Crippen LogP contribution in [-0.4, -0.2) is 14.5 Å². The van der Waals surface area contributed by atoms with Crippen molar-refractivity contribution in [3.8, 4) is 5.69 Å². The van der Waals surface area contributed by atoms with Crippen LogP contribution >= 0.6 is 0 Å². The van der Waals surface area contributed by atoms with Crippen molar-refractivity contribution in [1.29, 1.82) is 0 Å². The van der Waals surface area contributed by atoms with Crippen molar-refractivity contribution in [2.24, 2.45) is 5.73 Å². The van der Waals surface area contributed by atoms with Gasteiger partial charge in [0, 0.05) is 6.20 Å². The fourth-order valence-electron chi connectivity index (χ4n) is 2.71. The van der Waals surface area contributed by atoms with Gasteiger partial charge in [0.2, 0.25) is 0 Å². The fourth-order valence-corrected chi connectivity index (χ4v) is 2.71. The highest BCUT2D eigenvalue weighted by Gasteiger charge is 2.34. The Morgan fingerprint density at radius 2 is 1.96 bits per heavy atom. The third-order valence-corrected chi connectivity index (χ3v) is 3.89. The van der Waals surface area contributed by atoms with Gasteiger partial charge in [0.15, 0.2) is 0 Å². The van der Waals surface area contributed by atoms with Crippen molar-refractivity contribution >= 4 is 10.9 Å². The summed E-state index contributed by atoms with van der Waals surface area (Å²) in [6.45, 7) is 3.34. The Hall–Kier alpha value is -2.74. The summed E-state index contributed by atoms with van der Waals surface area (Å²) in [5.74, 6) is 0.174. The largest absolute Gasteiger partial charge is 0.417 e. The van der Waals surface area contributed by atoms with Gasteiger partial charge >= 0.3 is 6.18 Å². The lowest BCUT2D eigenvalue weighted by Crippen LogP contribution is -2.29. The maximum atomic E-state index is 13.4. The van der Waals surface area contributed by atoms with Crippen molar-refractivity contribution in [3.63, 3.8) is 0 Å². The average molecular weight is 348 g/mol. The van der Waals surface area contributed by atoms with Crippen LogP contribution in [0.15, 0.2) is 41.5 Å². The van der Waals surface area contributed by atoms with E-state index < -0.39 is 28.7 Å². The zero-order valence-corrected chi connectivity index (χ0v) is 13.5. The molecule has 0 saturated carbocycles. The minimum atomic E-state index is -4.67. The number of rotatable bonds is 2. The minimum Gasteiger partial charge on any atom is -0.322 e. The molecular weight excluding hydrogens is 333 g/mol. The molecule has 0 aliphatic rings. The van der Waals surface area contributed by atoms with Crippen LogP contribution in [0.4, 0.5) is 13.2 Å². The van der Waals surface area contributed by atoms with Gasteiger partial charge in [-0.1, -0.05) is 6.07 Å². The molecule has 8 heteroatoms. The van der Waals surface area contributed by atoms with Gasteiger partial charge in [-0.3, -0.25) is 14.3 Å². The highest BCUT2D eigenvalue weighted by Crippen LogP contribution is 2.33. The van der Waals surface area contributed by atoms with Crippen LogP contribution in [0.5, 0.6) is 0 Å². The van der Waals surface area contributed by atoms with Gasteiger partial charge in [0.1, 0.15) is 5.82 Å². The van der Waals surface area contributed by atoms with Gasteiger partial charge < -0.3 is 5.73 Å². The first kappa shape index (κ1) is 17.1. The first-order chi connectivity index (χ1) is 11.7. The summed E-state index contributed by atoms with van der Waals surface area (Å²) in [6.07, 6.45) is -1.73. The SMILES string of the molecule is Cc1ccncc1-n1c(C(C)N)nc2cccc(C(F)(F)F)c2c1=O. The molecule has 2 aromatic heterocycles. The summed E-state index contributed by atoms with van der Waals surface area (Å²) in [7, 11) is 0. The molecule has 1 aromatic carbocycles. The zero-order chi connectivity index (χ0) is 18.4. The van der Waals surface area contributed by atoms with Gasteiger partial charge in [0.05, 0.1) is 34.4 Å². The molecule has 5 nitrogen and oxygen atoms in total. The second kappa shape index (κ2) is 5.96. The van der Waals surface area contributed by atoms with Crippen LogP contribution in [-0.2, 0) is 6.18 Å². The van der Waals surface area contributed by atoms with Gasteiger partial charge in [-0.05, 0) is 37.6 Å². The molecule has 1 atom stereocenters. The van der Waals surface area contributed by atoms with E-state index in [4.69, 9.17) is 5.73 Å². The molecule has 2 heterocycles. The van der Waals surface area contributed by atoms with E-state index in [9.17, 15) is 18.0 Å². The lowest BCUT2D eigenvalue weighted by Gasteiger charge is -2.18. The van der Waals surface area contributed by atoms with E-state index >= 15 is 0 Å². The maximum Gasteiger partial charge on any atom is 0.417 e. The number of benzene rings is 1. The first-order valence-corrected chi connectivity index (χ1v) is 7.51. The van der Waals surface area contributed by atoms with E-state index in [0.29, 0.717) is 11.3 Å². The van der Waals surface area contributed by atoms with Crippen LogP contribution in [0, 0.1) is 6.92 Å². The molecule has 0 bridgehead atoms. The molecule has 25 heavy (non-hydrogen) atoms. The summed E-state index contributed by atoms with van der Waals surface area (Å²) in [5, 5.41) is -0.484. The third kappa shape index (κ3) is 2.89. The number of aromatic nitrogens is 3. The molecule has 0 aliphatic carbocycles. The lowest BCUT2D eigenvalue weighted by atomic mass is 10.1. The molecule has 0 radical (unpaired) electrons. The molecule has 1 unspecified atom stereocenters. The molecule has 2 N–H and O–H groups in total. The van der Waals surface area contributed by atoms with Gasteiger partial charge in [-0.2, -0.15) is 13.2 Å². The lowest BCUT2D eigenvalue weighted by molar-refractivity contribution is -0.136. The standard InChI is InChI=1S/C17H15F3N4O/c1-9-6-7-22-8-13(9)24-15(10(2)21)23-12-5-3-4-11(17(18,19)20)14(12)16(24)25/h3-8,10H,21H2,1-2H3. The Balaban J connectivity index is 2.52. The average Bonchev–Trinajstić information content (AvgIpc) is 2.54. The second-order valence-electron chi connectivity index (χ2n) is 5.76. The number of hydrogen-bond donors (Lipinski definition) is 1. The molecule has 0 aliphatic heterocycles. The van der Waals surface area contributed by atoms with Gasteiger partial charge in [-0.15, -0.1) is 0 Å². The summed E-state index contributed by atoms with van der Waals surface area (Å²) >= 11 is 0. The fraction of sp³-hybridized carbons (Fsp3) is 0.235. The van der Waals surface area contributed by atoms with E-state index in [1.54, 1.807) is 19.9 Å². The summed E-state index contributed by atoms with van der Waals surface area (Å²) < 4.78 is 41.2. The van der Waals surface area contributed by atoms with Crippen LogP contribution in [0.1, 0.15) is 29.9 Å². The van der Waals surface area contributed by atoms with E-state index in [0.717, 1.165) is 10.6 Å². The number of nitrogens with zero attached hydrogens (tertiary/aromatic N) is 3. The predicted octanol–water partition coefficient (Wildman–Crippen LogP) is 3.13. The molecular formula is C17H15F3N4O. The Labute approximate surface area is 140 Å². The highest BCUT2D eigenvalue weighted by atomic mass is 19.4.